The first-order chi connectivity index (χ1) is 15.0. The predicted molar refractivity (Wildman–Crippen MR) is 113 cm³/mol. The van der Waals surface area contributed by atoms with E-state index in [1.807, 2.05) is 6.92 Å². The Bertz CT molecular complexity index is 1120. The molecule has 3 aromatic rings. The van der Waals surface area contributed by atoms with Crippen LogP contribution in [0.5, 0.6) is 0 Å². The van der Waals surface area contributed by atoms with Gasteiger partial charge in [-0.3, -0.25) is 9.48 Å². The number of hydrogen-bond acceptors (Lipinski definition) is 4. The summed E-state index contributed by atoms with van der Waals surface area (Å²) in [5, 5.41) is 25.4. The number of aliphatic hydroxyl groups excluding tert-OH is 1. The minimum absolute atomic E-state index is 0.0849. The van der Waals surface area contributed by atoms with Gasteiger partial charge in [0.1, 0.15) is 0 Å². The summed E-state index contributed by atoms with van der Waals surface area (Å²) in [4.78, 5) is 12.5. The molecule has 1 heterocycles. The van der Waals surface area contributed by atoms with Crippen LogP contribution in [0.2, 0.25) is 0 Å². The Balaban J connectivity index is 1.75. The number of benzene rings is 2. The first-order valence-corrected chi connectivity index (χ1v) is 9.93. The molecular formula is C23H24F3N3O3. The highest BCUT2D eigenvalue weighted by atomic mass is 19.4. The lowest BCUT2D eigenvalue weighted by Gasteiger charge is -2.14. The number of aliphatic hydroxyl groups is 2. The van der Waals surface area contributed by atoms with Crippen molar-refractivity contribution in [2.45, 2.75) is 46.2 Å². The van der Waals surface area contributed by atoms with Crippen molar-refractivity contribution in [1.82, 2.24) is 9.78 Å². The minimum Gasteiger partial charge on any atom is -0.368 e. The Morgan fingerprint density at radius 3 is 2.34 bits per heavy atom. The zero-order valence-electron chi connectivity index (χ0n) is 17.9. The number of nitrogens with zero attached hydrogens (tertiary/aromatic N) is 2. The molecule has 0 atom stereocenters. The van der Waals surface area contributed by atoms with Gasteiger partial charge >= 0.3 is 6.18 Å². The van der Waals surface area contributed by atoms with Crippen LogP contribution in [-0.4, -0.2) is 32.2 Å². The van der Waals surface area contributed by atoms with Crippen molar-refractivity contribution in [3.05, 3.63) is 81.7 Å². The molecule has 0 aliphatic heterocycles. The Hall–Kier alpha value is -3.17. The van der Waals surface area contributed by atoms with E-state index >= 15 is 0 Å². The van der Waals surface area contributed by atoms with Gasteiger partial charge in [-0.25, -0.2) is 0 Å². The number of anilines is 1. The minimum atomic E-state index is -4.63. The first-order valence-electron chi connectivity index (χ1n) is 9.93. The normalized spacial score (nSPS) is 11.8. The highest BCUT2D eigenvalue weighted by molar-refractivity contribution is 6.05. The lowest BCUT2D eigenvalue weighted by atomic mass is 10.0. The van der Waals surface area contributed by atoms with Gasteiger partial charge in [-0.1, -0.05) is 23.8 Å². The van der Waals surface area contributed by atoms with Gasteiger partial charge in [-0.15, -0.1) is 0 Å². The second kappa shape index (κ2) is 9.13. The largest absolute Gasteiger partial charge is 0.417 e. The maximum absolute atomic E-state index is 13.3. The third-order valence-electron chi connectivity index (χ3n) is 5.19. The molecule has 0 fully saturated rings. The van der Waals surface area contributed by atoms with Gasteiger partial charge in [0.25, 0.3) is 5.91 Å². The van der Waals surface area contributed by atoms with Crippen molar-refractivity contribution >= 4 is 11.6 Å². The van der Waals surface area contributed by atoms with E-state index in [9.17, 15) is 28.2 Å². The number of carbonyl (C=O) groups is 1. The number of aromatic nitrogens is 2. The van der Waals surface area contributed by atoms with E-state index in [1.165, 1.54) is 19.1 Å². The molecule has 0 saturated heterocycles. The number of amides is 1. The molecule has 9 heteroatoms. The molecule has 170 valence electrons. The fraction of sp³-hybridized carbons (Fsp3) is 0.304. The van der Waals surface area contributed by atoms with Crippen LogP contribution in [0.3, 0.4) is 0 Å². The summed E-state index contributed by atoms with van der Waals surface area (Å²) in [5.74, 6) is -0.837. The quantitative estimate of drug-likeness (QED) is 0.499. The fourth-order valence-electron chi connectivity index (χ4n) is 3.52. The van der Waals surface area contributed by atoms with Crippen LogP contribution in [0.4, 0.5) is 18.9 Å². The molecule has 0 aliphatic carbocycles. The van der Waals surface area contributed by atoms with Gasteiger partial charge < -0.3 is 15.5 Å². The highest BCUT2D eigenvalue weighted by Gasteiger charge is 2.35. The van der Waals surface area contributed by atoms with Crippen LogP contribution in [-0.2, 0) is 19.1 Å². The Morgan fingerprint density at radius 2 is 1.75 bits per heavy atom. The van der Waals surface area contributed by atoms with E-state index in [1.54, 1.807) is 35.9 Å². The molecule has 3 rings (SSSR count). The molecular weight excluding hydrogens is 423 g/mol. The van der Waals surface area contributed by atoms with Crippen LogP contribution in [0.25, 0.3) is 0 Å². The molecule has 3 N–H and O–H groups in total. The smallest absolute Gasteiger partial charge is 0.368 e. The third-order valence-corrected chi connectivity index (χ3v) is 5.19. The molecule has 0 spiro atoms. The number of aryl methyl sites for hydroxylation is 2. The maximum Gasteiger partial charge on any atom is 0.417 e. The first kappa shape index (κ1) is 23.5. The summed E-state index contributed by atoms with van der Waals surface area (Å²) < 4.78 is 41.7. The molecule has 32 heavy (non-hydrogen) atoms. The molecule has 6 nitrogen and oxygen atoms in total. The second-order valence-electron chi connectivity index (χ2n) is 7.69. The highest BCUT2D eigenvalue weighted by Crippen LogP contribution is 2.33. The van der Waals surface area contributed by atoms with E-state index in [-0.39, 0.29) is 6.42 Å². The topological polar surface area (TPSA) is 87.4 Å². The number of halogens is 3. The standard InChI is InChI=1S/C23H24F3N3O3/c1-13-4-9-18(20(10-13)23(24,25)26)22(32)27-17-7-5-16(6-8-17)12-29-15(3)19(11-21(30)31)14(2)28-29/h4-10,21,30-31H,11-12H2,1-3H3,(H,27,32). The fourth-order valence-corrected chi connectivity index (χ4v) is 3.52. The average Bonchev–Trinajstić information content (AvgIpc) is 2.95. The van der Waals surface area contributed by atoms with E-state index in [2.05, 4.69) is 10.4 Å². The second-order valence-corrected chi connectivity index (χ2v) is 7.69. The summed E-state index contributed by atoms with van der Waals surface area (Å²) >= 11 is 0. The van der Waals surface area contributed by atoms with Crippen LogP contribution >= 0.6 is 0 Å². The van der Waals surface area contributed by atoms with Crippen LogP contribution < -0.4 is 5.32 Å². The SMILES string of the molecule is Cc1ccc(C(=O)Nc2ccc(Cn3nc(C)c(CC(O)O)c3C)cc2)c(C(F)(F)F)c1. The summed E-state index contributed by atoms with van der Waals surface area (Å²) in [7, 11) is 0. The van der Waals surface area contributed by atoms with Crippen molar-refractivity contribution in [1.29, 1.82) is 0 Å². The van der Waals surface area contributed by atoms with Crippen LogP contribution in [0, 0.1) is 20.8 Å². The molecule has 0 bridgehead atoms. The Morgan fingerprint density at radius 1 is 1.09 bits per heavy atom. The Kier molecular flexibility index (Phi) is 6.71. The molecule has 0 saturated carbocycles. The van der Waals surface area contributed by atoms with Crippen molar-refractivity contribution in [3.8, 4) is 0 Å². The van der Waals surface area contributed by atoms with Crippen molar-refractivity contribution in [2.75, 3.05) is 5.32 Å². The average molecular weight is 447 g/mol. The number of rotatable bonds is 6. The van der Waals surface area contributed by atoms with Gasteiger partial charge in [-0.05, 0) is 50.6 Å². The Labute approximate surface area is 183 Å². The maximum atomic E-state index is 13.3. The third kappa shape index (κ3) is 5.35. The van der Waals surface area contributed by atoms with E-state index in [0.29, 0.717) is 23.5 Å². The molecule has 0 aliphatic rings. The van der Waals surface area contributed by atoms with Crippen molar-refractivity contribution in [2.24, 2.45) is 0 Å². The summed E-state index contributed by atoms with van der Waals surface area (Å²) in [6.07, 6.45) is -6.01. The van der Waals surface area contributed by atoms with Gasteiger partial charge in [0, 0.05) is 23.4 Å². The van der Waals surface area contributed by atoms with Crippen molar-refractivity contribution < 1.29 is 28.2 Å². The van der Waals surface area contributed by atoms with Gasteiger partial charge in [0.15, 0.2) is 6.29 Å². The zero-order valence-corrected chi connectivity index (χ0v) is 17.9. The van der Waals surface area contributed by atoms with Crippen LogP contribution in [0.15, 0.2) is 42.5 Å². The number of hydrogen-bond donors (Lipinski definition) is 3. The van der Waals surface area contributed by atoms with E-state index < -0.39 is 29.5 Å². The summed E-state index contributed by atoms with van der Waals surface area (Å²) in [6.45, 7) is 5.58. The summed E-state index contributed by atoms with van der Waals surface area (Å²) in [6, 6.07) is 10.3. The number of nitrogens with one attached hydrogen (secondary N) is 1. The van der Waals surface area contributed by atoms with Crippen molar-refractivity contribution in [3.63, 3.8) is 0 Å². The van der Waals surface area contributed by atoms with Gasteiger partial charge in [0.2, 0.25) is 0 Å². The number of carbonyl (C=O) groups excluding carboxylic acids is 1. The molecule has 1 aromatic heterocycles. The van der Waals surface area contributed by atoms with E-state index in [4.69, 9.17) is 0 Å². The molecule has 2 aromatic carbocycles. The lowest BCUT2D eigenvalue weighted by molar-refractivity contribution is -0.137. The zero-order chi connectivity index (χ0) is 23.6. The summed E-state index contributed by atoms with van der Waals surface area (Å²) in [5.41, 5.74) is 2.51. The molecule has 0 unspecified atom stereocenters. The van der Waals surface area contributed by atoms with Gasteiger partial charge in [-0.2, -0.15) is 18.3 Å². The molecule has 0 radical (unpaired) electrons. The van der Waals surface area contributed by atoms with Crippen LogP contribution in [0.1, 0.15) is 44.0 Å². The monoisotopic (exact) mass is 447 g/mol. The number of alkyl halides is 3. The predicted octanol–water partition coefficient (Wildman–Crippen LogP) is 3.98. The molecule has 1 amide bonds. The lowest BCUT2D eigenvalue weighted by Crippen LogP contribution is -2.19. The van der Waals surface area contributed by atoms with Gasteiger partial charge in [0.05, 0.1) is 23.4 Å². The van der Waals surface area contributed by atoms with E-state index in [0.717, 1.165) is 22.9 Å².